The number of benzene rings is 2. The molecule has 0 fully saturated rings. The van der Waals surface area contributed by atoms with Gasteiger partial charge in [-0.25, -0.2) is 0 Å². The lowest BCUT2D eigenvalue weighted by Crippen LogP contribution is -2.20. The van der Waals surface area contributed by atoms with Gasteiger partial charge >= 0.3 is 9.46 Å². The second kappa shape index (κ2) is 3.26. The average Bonchev–Trinajstić information content (AvgIpc) is 2.17. The second-order valence-electron chi connectivity index (χ2n) is 2.87. The molecule has 0 N–H and O–H groups in total. The second-order valence-corrected chi connectivity index (χ2v) is 4.09. The number of hydrogen-bond acceptors (Lipinski definition) is 0. The predicted molar refractivity (Wildman–Crippen MR) is 52.9 cm³/mol. The lowest BCUT2D eigenvalue weighted by atomic mass is 10.1. The Morgan fingerprint density at radius 1 is 0.846 bits per heavy atom. The van der Waals surface area contributed by atoms with Gasteiger partial charge in [0.25, 0.3) is 0 Å². The van der Waals surface area contributed by atoms with Crippen LogP contribution in [0.4, 0.5) is 8.22 Å². The highest BCUT2D eigenvalue weighted by Gasteiger charge is 2.13. The first-order chi connectivity index (χ1) is 6.29. The third-order valence-corrected chi connectivity index (χ3v) is 3.03. The Morgan fingerprint density at radius 2 is 1.54 bits per heavy atom. The van der Waals surface area contributed by atoms with E-state index in [0.717, 1.165) is 5.39 Å². The highest BCUT2D eigenvalue weighted by Crippen LogP contribution is 2.11. The van der Waals surface area contributed by atoms with Gasteiger partial charge in [0.1, 0.15) is 0 Å². The monoisotopic (exact) mass is 194 g/mol. The van der Waals surface area contributed by atoms with Gasteiger partial charge in [0.2, 0.25) is 0 Å². The minimum atomic E-state index is -3.68. The molecule has 0 heterocycles. The topological polar surface area (TPSA) is 0 Å². The smallest absolute Gasteiger partial charge is 0.269 e. The Balaban J connectivity index is 2.76. The molecule has 0 radical (unpaired) electrons. The Bertz CT molecular complexity index is 421. The Hall–Kier alpha value is -1.22. The van der Waals surface area contributed by atoms with Crippen LogP contribution in [0.2, 0.25) is 0 Å². The molecule has 66 valence electrons. The molecule has 2 aromatic rings. The van der Waals surface area contributed by atoms with Gasteiger partial charge in [-0.2, -0.15) is 0 Å². The fourth-order valence-corrected chi connectivity index (χ4v) is 2.20. The molecule has 0 bridgehead atoms. The summed E-state index contributed by atoms with van der Waals surface area (Å²) in [6, 6.07) is 12.3. The molecule has 0 unspecified atom stereocenters. The van der Waals surface area contributed by atoms with Crippen LogP contribution in [-0.4, -0.2) is 9.46 Å². The van der Waals surface area contributed by atoms with Crippen LogP contribution in [0.25, 0.3) is 10.8 Å². The molecule has 0 aliphatic heterocycles. The van der Waals surface area contributed by atoms with Crippen molar-refractivity contribution in [1.29, 1.82) is 0 Å². The van der Waals surface area contributed by atoms with Crippen LogP contribution in [0.3, 0.4) is 0 Å². The summed E-state index contributed by atoms with van der Waals surface area (Å²) in [6.45, 7) is 0. The summed E-state index contributed by atoms with van der Waals surface area (Å²) >= 11 is 0. The van der Waals surface area contributed by atoms with Crippen molar-refractivity contribution >= 4 is 25.4 Å². The van der Waals surface area contributed by atoms with E-state index in [0.29, 0.717) is 5.39 Å². The van der Waals surface area contributed by atoms with Crippen molar-refractivity contribution in [2.24, 2.45) is 0 Å². The molecule has 0 nitrogen and oxygen atoms in total. The molecule has 0 atom stereocenters. The van der Waals surface area contributed by atoms with Gasteiger partial charge in [-0.3, -0.25) is 8.22 Å². The molecule has 3 heteroatoms. The molecule has 0 saturated heterocycles. The third kappa shape index (κ3) is 1.47. The first-order valence-electron chi connectivity index (χ1n) is 4.05. The normalized spacial score (nSPS) is 11.0. The predicted octanol–water partition coefficient (Wildman–Crippen LogP) is 2.21. The van der Waals surface area contributed by atoms with Crippen LogP contribution in [0, 0.1) is 0 Å². The molecule has 0 aromatic heterocycles. The van der Waals surface area contributed by atoms with Crippen LogP contribution in [0.5, 0.6) is 0 Å². The summed E-state index contributed by atoms with van der Waals surface area (Å²) in [6.07, 6.45) is 0. The van der Waals surface area contributed by atoms with Crippen molar-refractivity contribution in [3.05, 3.63) is 42.5 Å². The Kier molecular flexibility index (Phi) is 2.10. The van der Waals surface area contributed by atoms with E-state index < -0.39 is 9.46 Å². The van der Waals surface area contributed by atoms with Crippen molar-refractivity contribution in [1.82, 2.24) is 0 Å². The van der Waals surface area contributed by atoms with Crippen molar-refractivity contribution < 1.29 is 8.22 Å². The lowest BCUT2D eigenvalue weighted by molar-refractivity contribution is 0.685. The van der Waals surface area contributed by atoms with Crippen molar-refractivity contribution in [3.63, 3.8) is 0 Å². The molecule has 0 spiro atoms. The molecule has 2 rings (SSSR count). The zero-order valence-electron chi connectivity index (χ0n) is 6.87. The third-order valence-electron chi connectivity index (χ3n) is 2.06. The highest BCUT2D eigenvalue weighted by molar-refractivity contribution is 6.63. The van der Waals surface area contributed by atoms with E-state index in [4.69, 9.17) is 0 Å². The van der Waals surface area contributed by atoms with E-state index in [1.54, 1.807) is 18.2 Å². The van der Waals surface area contributed by atoms with Crippen molar-refractivity contribution in [3.8, 4) is 0 Å². The zero-order valence-corrected chi connectivity index (χ0v) is 8.03. The first kappa shape index (κ1) is 8.38. The molecule has 13 heavy (non-hydrogen) atoms. The summed E-state index contributed by atoms with van der Waals surface area (Å²) in [5, 5.41) is 1.84. The average molecular weight is 194 g/mol. The fourth-order valence-electron chi connectivity index (χ4n) is 1.44. The number of halogens is 2. The molecule has 0 aliphatic carbocycles. The molecule has 0 saturated carbocycles. The van der Waals surface area contributed by atoms with E-state index in [1.165, 1.54) is 6.07 Å². The van der Waals surface area contributed by atoms with Crippen LogP contribution in [-0.2, 0) is 0 Å². The van der Waals surface area contributed by atoms with Gasteiger partial charge in [-0.05, 0) is 10.8 Å². The Labute approximate surface area is 76.8 Å². The van der Waals surface area contributed by atoms with E-state index in [9.17, 15) is 8.22 Å². The van der Waals surface area contributed by atoms with Gasteiger partial charge in [0.05, 0.1) is 0 Å². The summed E-state index contributed by atoms with van der Waals surface area (Å²) < 4.78 is 25.3. The van der Waals surface area contributed by atoms with Crippen LogP contribution >= 0.6 is 0 Å². The maximum absolute atomic E-state index is 12.6. The van der Waals surface area contributed by atoms with Gasteiger partial charge in [0.15, 0.2) is 0 Å². The summed E-state index contributed by atoms with van der Waals surface area (Å²) in [5.74, 6) is 0. The van der Waals surface area contributed by atoms with Crippen molar-refractivity contribution in [2.75, 3.05) is 0 Å². The minimum absolute atomic E-state index is 0.248. The van der Waals surface area contributed by atoms with E-state index in [-0.39, 0.29) is 5.19 Å². The van der Waals surface area contributed by atoms with Gasteiger partial charge in [-0.1, -0.05) is 42.5 Å². The van der Waals surface area contributed by atoms with Crippen molar-refractivity contribution in [2.45, 2.75) is 0 Å². The van der Waals surface area contributed by atoms with Crippen LogP contribution in [0.15, 0.2) is 42.5 Å². The number of fused-ring (bicyclic) bond motifs is 1. The molecule has 0 aliphatic rings. The Morgan fingerprint density at radius 3 is 2.31 bits per heavy atom. The summed E-state index contributed by atoms with van der Waals surface area (Å²) in [4.78, 5) is 0. The largest absolute Gasteiger partial charge is 0.442 e. The van der Waals surface area contributed by atoms with Gasteiger partial charge < -0.3 is 0 Å². The molecular weight excluding hydrogens is 186 g/mol. The molecule has 2 aromatic carbocycles. The standard InChI is InChI=1S/C10H8F2Si/c11-13(12)10-7-3-5-8-4-1-2-6-9(8)10/h1-7,13H. The maximum atomic E-state index is 12.6. The van der Waals surface area contributed by atoms with Crippen LogP contribution < -0.4 is 5.19 Å². The van der Waals surface area contributed by atoms with Gasteiger partial charge in [0, 0.05) is 5.19 Å². The van der Waals surface area contributed by atoms with E-state index in [2.05, 4.69) is 0 Å². The molecule has 0 amide bonds. The van der Waals surface area contributed by atoms with Gasteiger partial charge in [-0.15, -0.1) is 0 Å². The fraction of sp³-hybridized carbons (Fsp3) is 0. The zero-order chi connectivity index (χ0) is 9.26. The molecular formula is C10H8F2Si. The van der Waals surface area contributed by atoms with E-state index >= 15 is 0 Å². The summed E-state index contributed by atoms with van der Waals surface area (Å²) in [5.41, 5.74) is 0. The SMILES string of the molecule is F[SiH](F)c1cccc2ccccc12. The van der Waals surface area contributed by atoms with Crippen LogP contribution in [0.1, 0.15) is 0 Å². The first-order valence-corrected chi connectivity index (χ1v) is 5.50. The van der Waals surface area contributed by atoms with E-state index in [1.807, 2.05) is 18.2 Å². The minimum Gasteiger partial charge on any atom is -0.269 e. The number of rotatable bonds is 1. The maximum Gasteiger partial charge on any atom is 0.442 e. The lowest BCUT2D eigenvalue weighted by Gasteiger charge is -2.02. The highest BCUT2D eigenvalue weighted by atomic mass is 28.4. The quantitative estimate of drug-likeness (QED) is 0.482. The number of hydrogen-bond donors (Lipinski definition) is 0. The summed E-state index contributed by atoms with van der Waals surface area (Å²) in [7, 11) is -3.68.